The molecular formula is C20H34O9. The molecule has 168 valence electrons. The molecule has 6 atom stereocenters. The molecule has 0 amide bonds. The van der Waals surface area contributed by atoms with Crippen molar-refractivity contribution in [2.24, 2.45) is 0 Å². The lowest BCUT2D eigenvalue weighted by Gasteiger charge is -2.44. The lowest BCUT2D eigenvalue weighted by molar-refractivity contribution is -0.261. The summed E-state index contributed by atoms with van der Waals surface area (Å²) in [4.78, 5) is 34.3. The fourth-order valence-corrected chi connectivity index (χ4v) is 3.39. The van der Waals surface area contributed by atoms with Crippen molar-refractivity contribution in [1.82, 2.24) is 0 Å². The first kappa shape index (κ1) is 25.3. The van der Waals surface area contributed by atoms with Crippen molar-refractivity contribution in [2.45, 2.75) is 103 Å². The Hall–Kier alpha value is -1.71. The van der Waals surface area contributed by atoms with Crippen LogP contribution in [-0.4, -0.2) is 71.4 Å². The van der Waals surface area contributed by atoms with Gasteiger partial charge in [-0.25, -0.2) is 0 Å². The molecule has 1 rings (SSSR count). The van der Waals surface area contributed by atoms with Crippen LogP contribution in [0.1, 0.15) is 66.2 Å². The first-order valence-corrected chi connectivity index (χ1v) is 10.2. The third kappa shape index (κ3) is 8.67. The van der Waals surface area contributed by atoms with Gasteiger partial charge in [-0.3, -0.25) is 14.4 Å². The third-order valence-electron chi connectivity index (χ3n) is 4.73. The number of esters is 3. The summed E-state index contributed by atoms with van der Waals surface area (Å²) >= 11 is 0. The van der Waals surface area contributed by atoms with Crippen LogP contribution in [-0.2, 0) is 33.3 Å². The van der Waals surface area contributed by atoms with Crippen LogP contribution in [0.15, 0.2) is 0 Å². The van der Waals surface area contributed by atoms with Crippen LogP contribution < -0.4 is 0 Å². The number of unbranched alkanes of at least 4 members (excludes halogenated alkanes) is 4. The maximum Gasteiger partial charge on any atom is 0.303 e. The van der Waals surface area contributed by atoms with E-state index in [-0.39, 0.29) is 6.61 Å². The number of rotatable bonds is 11. The van der Waals surface area contributed by atoms with Crippen molar-refractivity contribution in [2.75, 3.05) is 6.61 Å². The SMILES string of the molecule is CCCCCCCC(O)[C@H]1O[C@H](COC(C)=O)[C@H](OC(C)=O)[C@H](OC(C)=O)[C@H]1O. The molecule has 0 aromatic rings. The molecule has 29 heavy (non-hydrogen) atoms. The number of ether oxygens (including phenoxy) is 4. The van der Waals surface area contributed by atoms with Crippen LogP contribution in [0.2, 0.25) is 0 Å². The van der Waals surface area contributed by atoms with Crippen molar-refractivity contribution in [1.29, 1.82) is 0 Å². The molecule has 1 aliphatic heterocycles. The lowest BCUT2D eigenvalue weighted by Crippen LogP contribution is -2.63. The normalized spacial score (nSPS) is 27.7. The largest absolute Gasteiger partial charge is 0.463 e. The summed E-state index contributed by atoms with van der Waals surface area (Å²) in [6.07, 6.45) is -1.63. The monoisotopic (exact) mass is 418 g/mol. The number of carbonyl (C=O) groups is 3. The highest BCUT2D eigenvalue weighted by molar-refractivity contribution is 5.67. The van der Waals surface area contributed by atoms with E-state index in [1.165, 1.54) is 6.92 Å². The van der Waals surface area contributed by atoms with Gasteiger partial charge in [0.15, 0.2) is 12.2 Å². The van der Waals surface area contributed by atoms with E-state index >= 15 is 0 Å². The first-order chi connectivity index (χ1) is 13.7. The summed E-state index contributed by atoms with van der Waals surface area (Å²) in [5, 5.41) is 21.3. The zero-order valence-electron chi connectivity index (χ0n) is 17.7. The van der Waals surface area contributed by atoms with Crippen LogP contribution in [0.25, 0.3) is 0 Å². The fraction of sp³-hybridized carbons (Fsp3) is 0.850. The molecule has 2 N–H and O–H groups in total. The quantitative estimate of drug-likeness (QED) is 0.289. The van der Waals surface area contributed by atoms with Gasteiger partial charge in [-0.15, -0.1) is 0 Å². The van der Waals surface area contributed by atoms with E-state index in [0.717, 1.165) is 46.0 Å². The predicted octanol–water partition coefficient (Wildman–Crippen LogP) is 1.26. The molecule has 0 spiro atoms. The van der Waals surface area contributed by atoms with E-state index in [9.17, 15) is 24.6 Å². The van der Waals surface area contributed by atoms with Crippen LogP contribution in [0, 0.1) is 0 Å². The zero-order chi connectivity index (χ0) is 22.0. The smallest absolute Gasteiger partial charge is 0.303 e. The first-order valence-electron chi connectivity index (χ1n) is 10.2. The minimum absolute atomic E-state index is 0.280. The Morgan fingerprint density at radius 1 is 0.931 bits per heavy atom. The van der Waals surface area contributed by atoms with Gasteiger partial charge in [-0.2, -0.15) is 0 Å². The minimum Gasteiger partial charge on any atom is -0.463 e. The van der Waals surface area contributed by atoms with Gasteiger partial charge in [0.1, 0.15) is 24.9 Å². The standard InChI is InChI=1S/C20H34O9/c1-5-6-7-8-9-10-15(24)18-17(25)20(28-14(4)23)19(27-13(3)22)16(29-18)11-26-12(2)21/h15-20,24-25H,5-11H2,1-4H3/t15?,16-,17+,18-,19+,20-/m1/s1. The zero-order valence-corrected chi connectivity index (χ0v) is 17.7. The van der Waals surface area contributed by atoms with E-state index < -0.39 is 54.5 Å². The molecule has 0 aromatic heterocycles. The summed E-state index contributed by atoms with van der Waals surface area (Å²) in [5.41, 5.74) is 0. The summed E-state index contributed by atoms with van der Waals surface area (Å²) in [6, 6.07) is 0. The summed E-state index contributed by atoms with van der Waals surface area (Å²) < 4.78 is 21.1. The summed E-state index contributed by atoms with van der Waals surface area (Å²) in [6.45, 7) is 5.37. The highest BCUT2D eigenvalue weighted by atomic mass is 16.6. The van der Waals surface area contributed by atoms with Gasteiger partial charge in [0.05, 0.1) is 6.10 Å². The third-order valence-corrected chi connectivity index (χ3v) is 4.73. The molecule has 9 heteroatoms. The van der Waals surface area contributed by atoms with Gasteiger partial charge in [0, 0.05) is 20.8 Å². The van der Waals surface area contributed by atoms with E-state index in [4.69, 9.17) is 18.9 Å². The topological polar surface area (TPSA) is 129 Å². The highest BCUT2D eigenvalue weighted by Gasteiger charge is 2.51. The Bertz CT molecular complexity index is 536. The van der Waals surface area contributed by atoms with Crippen molar-refractivity contribution in [3.63, 3.8) is 0 Å². The Morgan fingerprint density at radius 3 is 2.07 bits per heavy atom. The van der Waals surface area contributed by atoms with Crippen LogP contribution in [0.5, 0.6) is 0 Å². The van der Waals surface area contributed by atoms with Crippen LogP contribution in [0.4, 0.5) is 0 Å². The van der Waals surface area contributed by atoms with E-state index in [2.05, 4.69) is 6.92 Å². The molecule has 0 radical (unpaired) electrons. The second-order valence-corrected chi connectivity index (χ2v) is 7.35. The van der Waals surface area contributed by atoms with Gasteiger partial charge in [0.2, 0.25) is 0 Å². The van der Waals surface area contributed by atoms with Gasteiger partial charge in [-0.1, -0.05) is 39.0 Å². The molecule has 1 fully saturated rings. The molecule has 0 aliphatic carbocycles. The molecule has 1 aliphatic rings. The van der Waals surface area contributed by atoms with E-state index in [1.54, 1.807) is 0 Å². The molecule has 1 unspecified atom stereocenters. The average molecular weight is 418 g/mol. The average Bonchev–Trinajstić information content (AvgIpc) is 2.62. The molecule has 0 saturated carbocycles. The second-order valence-electron chi connectivity index (χ2n) is 7.35. The van der Waals surface area contributed by atoms with Crippen LogP contribution >= 0.6 is 0 Å². The minimum atomic E-state index is -1.41. The maximum absolute atomic E-state index is 11.5. The predicted molar refractivity (Wildman–Crippen MR) is 102 cm³/mol. The second kappa shape index (κ2) is 12.8. The van der Waals surface area contributed by atoms with Crippen molar-refractivity contribution >= 4 is 17.9 Å². The molecule has 0 aromatic carbocycles. The highest BCUT2D eigenvalue weighted by Crippen LogP contribution is 2.30. The Kier molecular flexibility index (Phi) is 11.2. The van der Waals surface area contributed by atoms with Crippen molar-refractivity contribution in [3.8, 4) is 0 Å². The number of hydrogen-bond acceptors (Lipinski definition) is 9. The molecule has 9 nitrogen and oxygen atoms in total. The summed E-state index contributed by atoms with van der Waals surface area (Å²) in [7, 11) is 0. The molecule has 1 heterocycles. The lowest BCUT2D eigenvalue weighted by atomic mass is 9.90. The Balaban J connectivity index is 2.94. The fourth-order valence-electron chi connectivity index (χ4n) is 3.39. The van der Waals surface area contributed by atoms with Crippen molar-refractivity contribution < 1.29 is 43.5 Å². The maximum atomic E-state index is 11.5. The van der Waals surface area contributed by atoms with Gasteiger partial charge >= 0.3 is 17.9 Å². The number of aliphatic hydroxyl groups excluding tert-OH is 2. The number of carbonyl (C=O) groups excluding carboxylic acids is 3. The Morgan fingerprint density at radius 2 is 1.52 bits per heavy atom. The number of hydrogen-bond donors (Lipinski definition) is 2. The van der Waals surface area contributed by atoms with Crippen molar-refractivity contribution in [3.05, 3.63) is 0 Å². The molecular weight excluding hydrogens is 384 g/mol. The molecule has 1 saturated heterocycles. The van der Waals surface area contributed by atoms with E-state index in [0.29, 0.717) is 6.42 Å². The van der Waals surface area contributed by atoms with Gasteiger partial charge < -0.3 is 29.2 Å². The van der Waals surface area contributed by atoms with E-state index in [1.807, 2.05) is 0 Å². The van der Waals surface area contributed by atoms with Gasteiger partial charge in [-0.05, 0) is 6.42 Å². The number of aliphatic hydroxyl groups is 2. The summed E-state index contributed by atoms with van der Waals surface area (Å²) in [5.74, 6) is -1.93. The Labute approximate surface area is 171 Å². The molecule has 0 bridgehead atoms. The van der Waals surface area contributed by atoms with Crippen LogP contribution in [0.3, 0.4) is 0 Å². The van der Waals surface area contributed by atoms with Gasteiger partial charge in [0.25, 0.3) is 0 Å².